The second-order valence-electron chi connectivity index (χ2n) is 9.11. The Bertz CT molecular complexity index is 873. The molecule has 0 aliphatic carbocycles. The third-order valence-corrected chi connectivity index (χ3v) is 6.60. The summed E-state index contributed by atoms with van der Waals surface area (Å²) in [6, 6.07) is 16.6. The molecule has 4 rings (SSSR count). The molecule has 7 nitrogen and oxygen atoms in total. The zero-order chi connectivity index (χ0) is 23.1. The normalized spacial score (nSPS) is 22.0. The number of methoxy groups -OCH3 is 2. The van der Waals surface area contributed by atoms with Gasteiger partial charge < -0.3 is 24.2 Å². The predicted octanol–water partition coefficient (Wildman–Crippen LogP) is 2.48. The van der Waals surface area contributed by atoms with E-state index in [0.717, 1.165) is 69.3 Å². The van der Waals surface area contributed by atoms with E-state index in [1.807, 2.05) is 12.1 Å². The first kappa shape index (κ1) is 23.8. The molecule has 1 atom stereocenters. The van der Waals surface area contributed by atoms with Crippen molar-refractivity contribution in [1.82, 2.24) is 9.80 Å². The molecular formula is C26H37N3O4. The van der Waals surface area contributed by atoms with Gasteiger partial charge in [0, 0.05) is 65.2 Å². The number of rotatable bonds is 10. The number of piperazine rings is 1. The van der Waals surface area contributed by atoms with Crippen LogP contribution in [0.3, 0.4) is 0 Å². The molecule has 7 heteroatoms. The Morgan fingerprint density at radius 3 is 2.39 bits per heavy atom. The smallest absolute Gasteiger partial charge is 0.161 e. The van der Waals surface area contributed by atoms with Crippen molar-refractivity contribution in [2.24, 2.45) is 0 Å². The van der Waals surface area contributed by atoms with Gasteiger partial charge in [-0.3, -0.25) is 9.80 Å². The van der Waals surface area contributed by atoms with Crippen molar-refractivity contribution in [3.8, 4) is 11.5 Å². The zero-order valence-corrected chi connectivity index (χ0v) is 19.9. The van der Waals surface area contributed by atoms with Gasteiger partial charge in [0.15, 0.2) is 11.5 Å². The van der Waals surface area contributed by atoms with Gasteiger partial charge in [0.1, 0.15) is 6.61 Å². The Hall–Kier alpha value is -2.32. The number of likely N-dealkylation sites (tertiary alicyclic amines) is 1. The minimum atomic E-state index is -0.654. The van der Waals surface area contributed by atoms with E-state index in [9.17, 15) is 5.11 Å². The SMILES string of the molecule is COCCOc1cc(CN2CC[C@](O)(CN3CCN(c4ccccc4)CC3)C2)ccc1OC. The molecule has 2 fully saturated rings. The maximum atomic E-state index is 11.3. The molecule has 2 aliphatic heterocycles. The molecule has 2 aromatic rings. The Kier molecular flexibility index (Phi) is 8.09. The van der Waals surface area contributed by atoms with Crippen molar-refractivity contribution in [3.05, 3.63) is 54.1 Å². The molecule has 2 aliphatic rings. The van der Waals surface area contributed by atoms with Crippen molar-refractivity contribution >= 4 is 5.69 Å². The lowest BCUT2D eigenvalue weighted by atomic mass is 10.0. The number of anilines is 1. The average Bonchev–Trinajstić information content (AvgIpc) is 3.20. The number of para-hydroxylation sites is 1. The topological polar surface area (TPSA) is 57.6 Å². The summed E-state index contributed by atoms with van der Waals surface area (Å²) in [5.74, 6) is 1.46. The molecule has 0 aromatic heterocycles. The molecular weight excluding hydrogens is 418 g/mol. The van der Waals surface area contributed by atoms with Crippen molar-refractivity contribution < 1.29 is 19.3 Å². The van der Waals surface area contributed by atoms with E-state index in [-0.39, 0.29) is 0 Å². The molecule has 33 heavy (non-hydrogen) atoms. The van der Waals surface area contributed by atoms with Crippen LogP contribution >= 0.6 is 0 Å². The van der Waals surface area contributed by atoms with Crippen LogP contribution in [0.1, 0.15) is 12.0 Å². The summed E-state index contributed by atoms with van der Waals surface area (Å²) in [4.78, 5) is 7.18. The summed E-state index contributed by atoms with van der Waals surface area (Å²) >= 11 is 0. The molecule has 0 bridgehead atoms. The molecule has 1 N–H and O–H groups in total. The lowest BCUT2D eigenvalue weighted by Gasteiger charge is -2.39. The van der Waals surface area contributed by atoms with Crippen LogP contribution in [0.25, 0.3) is 0 Å². The number of β-amino-alcohol motifs (C(OH)–C–C–N with tert-alkyl or cyclic N) is 1. The lowest BCUT2D eigenvalue weighted by Crippen LogP contribution is -2.52. The highest BCUT2D eigenvalue weighted by Gasteiger charge is 2.38. The van der Waals surface area contributed by atoms with E-state index in [4.69, 9.17) is 14.2 Å². The van der Waals surface area contributed by atoms with Gasteiger partial charge in [-0.15, -0.1) is 0 Å². The van der Waals surface area contributed by atoms with Crippen LogP contribution in [0.15, 0.2) is 48.5 Å². The van der Waals surface area contributed by atoms with Crippen molar-refractivity contribution in [3.63, 3.8) is 0 Å². The average molecular weight is 456 g/mol. The van der Waals surface area contributed by atoms with Gasteiger partial charge in [-0.2, -0.15) is 0 Å². The first-order valence-electron chi connectivity index (χ1n) is 11.8. The van der Waals surface area contributed by atoms with Crippen LogP contribution in [0.2, 0.25) is 0 Å². The standard InChI is InChI=1S/C26H37N3O4/c1-31-16-17-33-25-18-22(8-9-24(25)32-2)19-28-11-10-26(30,21-28)20-27-12-14-29(15-13-27)23-6-4-3-5-7-23/h3-9,18,30H,10-17,19-21H2,1-2H3/t26-/m0/s1. The van der Waals surface area contributed by atoms with E-state index in [0.29, 0.717) is 19.8 Å². The minimum Gasteiger partial charge on any atom is -0.493 e. The van der Waals surface area contributed by atoms with Gasteiger partial charge in [0.05, 0.1) is 19.3 Å². The second-order valence-corrected chi connectivity index (χ2v) is 9.11. The number of aliphatic hydroxyl groups is 1. The molecule has 2 aromatic carbocycles. The van der Waals surface area contributed by atoms with Gasteiger partial charge in [-0.1, -0.05) is 24.3 Å². The van der Waals surface area contributed by atoms with Gasteiger partial charge in [-0.25, -0.2) is 0 Å². The fourth-order valence-electron chi connectivity index (χ4n) is 4.85. The van der Waals surface area contributed by atoms with E-state index >= 15 is 0 Å². The Morgan fingerprint density at radius 1 is 0.879 bits per heavy atom. The fourth-order valence-corrected chi connectivity index (χ4v) is 4.85. The largest absolute Gasteiger partial charge is 0.493 e. The number of ether oxygens (including phenoxy) is 3. The zero-order valence-electron chi connectivity index (χ0n) is 19.9. The maximum Gasteiger partial charge on any atom is 0.161 e. The summed E-state index contributed by atoms with van der Waals surface area (Å²) in [5.41, 5.74) is 1.79. The Labute approximate surface area is 197 Å². The maximum absolute atomic E-state index is 11.3. The second kappa shape index (κ2) is 11.2. The summed E-state index contributed by atoms with van der Waals surface area (Å²) in [7, 11) is 3.31. The van der Waals surface area contributed by atoms with Crippen molar-refractivity contribution in [2.75, 3.05) is 78.1 Å². The number of benzene rings is 2. The monoisotopic (exact) mass is 455 g/mol. The molecule has 2 saturated heterocycles. The summed E-state index contributed by atoms with van der Waals surface area (Å²) < 4.78 is 16.3. The highest BCUT2D eigenvalue weighted by atomic mass is 16.5. The number of hydrogen-bond acceptors (Lipinski definition) is 7. The lowest BCUT2D eigenvalue weighted by molar-refractivity contribution is 0.00978. The molecule has 0 spiro atoms. The van der Waals surface area contributed by atoms with Crippen LogP contribution in [0.4, 0.5) is 5.69 Å². The fraction of sp³-hybridized carbons (Fsp3) is 0.538. The van der Waals surface area contributed by atoms with Crippen LogP contribution in [-0.2, 0) is 11.3 Å². The summed E-state index contributed by atoms with van der Waals surface area (Å²) in [5, 5.41) is 11.3. The van der Waals surface area contributed by atoms with Gasteiger partial charge >= 0.3 is 0 Å². The van der Waals surface area contributed by atoms with Gasteiger partial charge in [-0.05, 0) is 36.2 Å². The van der Waals surface area contributed by atoms with Crippen LogP contribution < -0.4 is 14.4 Å². The van der Waals surface area contributed by atoms with E-state index < -0.39 is 5.60 Å². The molecule has 0 amide bonds. The highest BCUT2D eigenvalue weighted by Crippen LogP contribution is 2.30. The molecule has 180 valence electrons. The third-order valence-electron chi connectivity index (χ3n) is 6.60. The van der Waals surface area contributed by atoms with E-state index in [1.54, 1.807) is 14.2 Å². The van der Waals surface area contributed by atoms with Crippen molar-refractivity contribution in [1.29, 1.82) is 0 Å². The molecule has 2 heterocycles. The Balaban J connectivity index is 1.28. The number of nitrogens with zero attached hydrogens (tertiary/aromatic N) is 3. The first-order chi connectivity index (χ1) is 16.1. The van der Waals surface area contributed by atoms with E-state index in [1.165, 1.54) is 5.69 Å². The van der Waals surface area contributed by atoms with E-state index in [2.05, 4.69) is 51.1 Å². The van der Waals surface area contributed by atoms with Crippen LogP contribution in [-0.4, -0.2) is 93.8 Å². The first-order valence-corrected chi connectivity index (χ1v) is 11.8. The number of hydrogen-bond donors (Lipinski definition) is 1. The third kappa shape index (κ3) is 6.38. The van der Waals surface area contributed by atoms with Crippen LogP contribution in [0.5, 0.6) is 11.5 Å². The van der Waals surface area contributed by atoms with Crippen molar-refractivity contribution in [2.45, 2.75) is 18.6 Å². The Morgan fingerprint density at radius 2 is 1.67 bits per heavy atom. The quantitative estimate of drug-likeness (QED) is 0.553. The van der Waals surface area contributed by atoms with Gasteiger partial charge in [0.25, 0.3) is 0 Å². The highest BCUT2D eigenvalue weighted by molar-refractivity contribution is 5.46. The van der Waals surface area contributed by atoms with Gasteiger partial charge in [0.2, 0.25) is 0 Å². The minimum absolute atomic E-state index is 0.483. The van der Waals surface area contributed by atoms with Crippen LogP contribution in [0, 0.1) is 0 Å². The molecule has 0 unspecified atom stereocenters. The summed E-state index contributed by atoms with van der Waals surface area (Å²) in [6.45, 7) is 8.10. The summed E-state index contributed by atoms with van der Waals surface area (Å²) in [6.07, 6.45) is 0.805. The molecule has 0 saturated carbocycles. The molecule has 0 radical (unpaired) electrons. The predicted molar refractivity (Wildman–Crippen MR) is 130 cm³/mol.